The van der Waals surface area contributed by atoms with Gasteiger partial charge in [-0.2, -0.15) is 8.42 Å². The molecular formula is C16H17NO4S. The van der Waals surface area contributed by atoms with Crippen LogP contribution in [-0.2, 0) is 20.7 Å². The van der Waals surface area contributed by atoms with Crippen LogP contribution in [0.2, 0.25) is 0 Å². The van der Waals surface area contributed by atoms with Gasteiger partial charge in [0, 0.05) is 11.3 Å². The van der Waals surface area contributed by atoms with Crippen molar-refractivity contribution >= 4 is 21.7 Å². The van der Waals surface area contributed by atoms with E-state index in [0.717, 1.165) is 19.1 Å². The minimum Gasteiger partial charge on any atom is -0.322 e. The molecule has 0 atom stereocenters. The van der Waals surface area contributed by atoms with Gasteiger partial charge in [0.05, 0.1) is 12.0 Å². The molecule has 1 N–H and O–H groups in total. The van der Waals surface area contributed by atoms with Crippen molar-refractivity contribution in [3.8, 4) is 0 Å². The van der Waals surface area contributed by atoms with E-state index in [9.17, 15) is 13.2 Å². The van der Waals surface area contributed by atoms with Gasteiger partial charge >= 0.3 is 0 Å². The van der Waals surface area contributed by atoms with Crippen LogP contribution >= 0.6 is 0 Å². The van der Waals surface area contributed by atoms with Crippen LogP contribution in [0.4, 0.5) is 5.69 Å². The summed E-state index contributed by atoms with van der Waals surface area (Å²) in [5.74, 6) is -0.297. The van der Waals surface area contributed by atoms with Crippen LogP contribution in [0.3, 0.4) is 0 Å². The number of benzene rings is 2. The highest BCUT2D eigenvalue weighted by Crippen LogP contribution is 2.15. The van der Waals surface area contributed by atoms with Crippen molar-refractivity contribution in [1.82, 2.24) is 0 Å². The summed E-state index contributed by atoms with van der Waals surface area (Å²) in [4.78, 5) is 12.2. The van der Waals surface area contributed by atoms with Crippen LogP contribution < -0.4 is 5.32 Å². The Bertz CT molecular complexity index is 767. The summed E-state index contributed by atoms with van der Waals surface area (Å²) in [7, 11) is -2.65. The number of nitrogens with one attached hydrogen (secondary N) is 1. The first-order valence-electron chi connectivity index (χ1n) is 6.77. The highest BCUT2D eigenvalue weighted by atomic mass is 32.2. The van der Waals surface area contributed by atoms with E-state index in [0.29, 0.717) is 11.3 Å². The minimum absolute atomic E-state index is 0.0135. The monoisotopic (exact) mass is 319 g/mol. The lowest BCUT2D eigenvalue weighted by molar-refractivity contribution is 0.102. The molecule has 2 rings (SSSR count). The summed E-state index contributed by atoms with van der Waals surface area (Å²) < 4.78 is 27.5. The third-order valence-corrected chi connectivity index (χ3v) is 4.51. The van der Waals surface area contributed by atoms with E-state index >= 15 is 0 Å². The summed E-state index contributed by atoms with van der Waals surface area (Å²) in [6, 6.07) is 13.2. The maximum atomic E-state index is 12.2. The second-order valence-electron chi connectivity index (χ2n) is 4.65. The average Bonchev–Trinajstić information content (AvgIpc) is 2.55. The average molecular weight is 319 g/mol. The molecule has 2 aromatic carbocycles. The number of hydrogen-bond acceptors (Lipinski definition) is 4. The maximum absolute atomic E-state index is 12.2. The number of rotatable bonds is 5. The number of anilines is 1. The van der Waals surface area contributed by atoms with Crippen LogP contribution in [0, 0.1) is 0 Å². The zero-order chi connectivity index (χ0) is 16.2. The molecule has 0 saturated carbocycles. The third-order valence-electron chi connectivity index (χ3n) is 3.22. The van der Waals surface area contributed by atoms with E-state index < -0.39 is 10.1 Å². The van der Waals surface area contributed by atoms with Crippen molar-refractivity contribution in [3.05, 3.63) is 59.7 Å². The molecule has 0 aromatic heterocycles. The van der Waals surface area contributed by atoms with Crippen molar-refractivity contribution in [2.45, 2.75) is 18.2 Å². The topological polar surface area (TPSA) is 72.5 Å². The molecule has 0 fully saturated rings. The van der Waals surface area contributed by atoms with Crippen LogP contribution in [-0.4, -0.2) is 21.4 Å². The Hall–Kier alpha value is -2.18. The van der Waals surface area contributed by atoms with Crippen LogP contribution in [0.25, 0.3) is 0 Å². The second-order valence-corrected chi connectivity index (χ2v) is 6.37. The van der Waals surface area contributed by atoms with Gasteiger partial charge in [-0.15, -0.1) is 0 Å². The molecule has 1 amide bonds. The van der Waals surface area contributed by atoms with Crippen LogP contribution in [0.1, 0.15) is 22.8 Å². The molecule has 6 heteroatoms. The van der Waals surface area contributed by atoms with Crippen molar-refractivity contribution in [1.29, 1.82) is 0 Å². The molecule has 5 nitrogen and oxygen atoms in total. The van der Waals surface area contributed by atoms with Gasteiger partial charge < -0.3 is 5.32 Å². The van der Waals surface area contributed by atoms with Gasteiger partial charge in [0.2, 0.25) is 0 Å². The molecule has 0 aliphatic carbocycles. The fourth-order valence-electron chi connectivity index (χ4n) is 1.94. The van der Waals surface area contributed by atoms with Gasteiger partial charge in [0.15, 0.2) is 0 Å². The Kier molecular flexibility index (Phi) is 4.95. The standard InChI is InChI=1S/C16H17NO4S/c1-3-12-5-4-6-14(11-12)17-16(18)13-7-9-15(10-8-13)22(19,20)21-2/h4-11H,3H2,1-2H3,(H,17,18). The van der Waals surface area contributed by atoms with Crippen molar-refractivity contribution < 1.29 is 17.4 Å². The summed E-state index contributed by atoms with van der Waals surface area (Å²) in [6.07, 6.45) is 0.882. The molecule has 2 aromatic rings. The van der Waals surface area contributed by atoms with E-state index in [1.807, 2.05) is 25.1 Å². The van der Waals surface area contributed by atoms with Crippen molar-refractivity contribution in [2.24, 2.45) is 0 Å². The quantitative estimate of drug-likeness (QED) is 0.860. The lowest BCUT2D eigenvalue weighted by Gasteiger charge is -2.07. The Morgan fingerprint density at radius 2 is 1.82 bits per heavy atom. The zero-order valence-corrected chi connectivity index (χ0v) is 13.2. The first-order valence-corrected chi connectivity index (χ1v) is 8.18. The SMILES string of the molecule is CCc1cccc(NC(=O)c2ccc(S(=O)(=O)OC)cc2)c1. The Morgan fingerprint density at radius 1 is 1.14 bits per heavy atom. The highest BCUT2D eigenvalue weighted by molar-refractivity contribution is 7.86. The van der Waals surface area contributed by atoms with Gasteiger partial charge in [-0.1, -0.05) is 19.1 Å². The molecule has 0 aliphatic heterocycles. The van der Waals surface area contributed by atoms with E-state index in [4.69, 9.17) is 0 Å². The molecule has 116 valence electrons. The molecule has 0 radical (unpaired) electrons. The molecule has 22 heavy (non-hydrogen) atoms. The molecule has 0 bridgehead atoms. The minimum atomic E-state index is -3.74. The molecule has 0 heterocycles. The summed E-state index contributed by atoms with van der Waals surface area (Å²) in [6.45, 7) is 2.04. The summed E-state index contributed by atoms with van der Waals surface area (Å²) in [5.41, 5.74) is 2.20. The Labute approximate surface area is 130 Å². The van der Waals surface area contributed by atoms with E-state index in [-0.39, 0.29) is 10.8 Å². The number of amides is 1. The normalized spacial score (nSPS) is 11.2. The third kappa shape index (κ3) is 3.72. The van der Waals surface area contributed by atoms with Crippen LogP contribution in [0.15, 0.2) is 53.4 Å². The fraction of sp³-hybridized carbons (Fsp3) is 0.188. The lowest BCUT2D eigenvalue weighted by atomic mass is 10.1. The number of carbonyl (C=O) groups is 1. The van der Waals surface area contributed by atoms with Gasteiger partial charge in [-0.3, -0.25) is 8.98 Å². The predicted molar refractivity (Wildman–Crippen MR) is 84.4 cm³/mol. The largest absolute Gasteiger partial charge is 0.322 e. The molecule has 0 spiro atoms. The van der Waals surface area contributed by atoms with E-state index in [2.05, 4.69) is 9.50 Å². The molecular weight excluding hydrogens is 302 g/mol. The lowest BCUT2D eigenvalue weighted by Crippen LogP contribution is -2.12. The Balaban J connectivity index is 2.16. The first-order chi connectivity index (χ1) is 10.5. The summed E-state index contributed by atoms with van der Waals surface area (Å²) >= 11 is 0. The summed E-state index contributed by atoms with van der Waals surface area (Å²) in [5, 5.41) is 2.79. The smallest absolute Gasteiger partial charge is 0.296 e. The molecule has 0 saturated heterocycles. The van der Waals surface area contributed by atoms with Gasteiger partial charge in [-0.25, -0.2) is 0 Å². The van der Waals surface area contributed by atoms with E-state index in [1.165, 1.54) is 24.3 Å². The van der Waals surface area contributed by atoms with Crippen molar-refractivity contribution in [3.63, 3.8) is 0 Å². The number of aryl methyl sites for hydroxylation is 1. The van der Waals surface area contributed by atoms with Gasteiger partial charge in [0.25, 0.3) is 16.0 Å². The highest BCUT2D eigenvalue weighted by Gasteiger charge is 2.14. The first kappa shape index (κ1) is 16.2. The zero-order valence-electron chi connectivity index (χ0n) is 12.4. The molecule has 0 aliphatic rings. The second kappa shape index (κ2) is 6.72. The van der Waals surface area contributed by atoms with Crippen LogP contribution in [0.5, 0.6) is 0 Å². The van der Waals surface area contributed by atoms with Gasteiger partial charge in [-0.05, 0) is 48.4 Å². The fourth-order valence-corrected chi connectivity index (χ4v) is 2.60. The Morgan fingerprint density at radius 3 is 2.41 bits per heavy atom. The van der Waals surface area contributed by atoms with Crippen molar-refractivity contribution in [2.75, 3.05) is 12.4 Å². The van der Waals surface area contributed by atoms with E-state index in [1.54, 1.807) is 6.07 Å². The van der Waals surface area contributed by atoms with Gasteiger partial charge in [0.1, 0.15) is 0 Å². The number of carbonyl (C=O) groups excluding carboxylic acids is 1. The maximum Gasteiger partial charge on any atom is 0.296 e. The number of hydrogen-bond donors (Lipinski definition) is 1. The predicted octanol–water partition coefficient (Wildman–Crippen LogP) is 2.84. The molecule has 0 unspecified atom stereocenters.